The quantitative estimate of drug-likeness (QED) is 0.229. The van der Waals surface area contributed by atoms with E-state index in [4.69, 9.17) is 11.6 Å². The molecule has 1 aromatic carbocycles. The van der Waals surface area contributed by atoms with Gasteiger partial charge in [0.05, 0.1) is 46.7 Å². The first-order chi connectivity index (χ1) is 22.2. The second-order valence-electron chi connectivity index (χ2n) is 11.8. The molecule has 0 spiro atoms. The molecule has 2 saturated heterocycles. The predicted molar refractivity (Wildman–Crippen MR) is 160 cm³/mol. The summed E-state index contributed by atoms with van der Waals surface area (Å²) >= 11 is 6.38. The van der Waals surface area contributed by atoms with Crippen molar-refractivity contribution in [3.63, 3.8) is 0 Å². The van der Waals surface area contributed by atoms with E-state index in [1.165, 1.54) is 25.2 Å². The number of aliphatic hydroxyl groups is 1. The van der Waals surface area contributed by atoms with E-state index < -0.39 is 47.7 Å². The van der Waals surface area contributed by atoms with Crippen LogP contribution in [0.4, 0.5) is 28.0 Å². The van der Waals surface area contributed by atoms with E-state index in [-0.39, 0.29) is 57.7 Å². The predicted octanol–water partition coefficient (Wildman–Crippen LogP) is 2.39. The van der Waals surface area contributed by atoms with Gasteiger partial charge in [0.2, 0.25) is 0 Å². The second kappa shape index (κ2) is 12.3. The van der Waals surface area contributed by atoms with Crippen molar-refractivity contribution in [1.29, 1.82) is 0 Å². The van der Waals surface area contributed by atoms with Crippen LogP contribution in [0.25, 0.3) is 11.3 Å². The summed E-state index contributed by atoms with van der Waals surface area (Å²) in [7, 11) is 1.35. The number of halogens is 5. The standard InChI is InChI=1S/C29H30ClF4N9O4/c1-13(31)9-43-12-18(24(40-43)29(32,33)34)21-7-36-25(41(21)2)27(46)37-14-3-4-15(19(30)5-14)26(45)39-23-16-10-42(11-17(16)23)28(47)38-20-6-35-8-22(20)44/h3-5,7,12,16-17,20,22-23,35,44H,1,6,8-11H2,2H3,(H,37,46)(H,38,47)(H,39,45)/t16-,17+,20-,22-,23?/m1/s1. The van der Waals surface area contributed by atoms with Crippen LogP contribution < -0.4 is 21.3 Å². The maximum Gasteiger partial charge on any atom is 0.435 e. The summed E-state index contributed by atoms with van der Waals surface area (Å²) in [4.78, 5) is 44.2. The molecule has 4 amide bonds. The van der Waals surface area contributed by atoms with Crippen LogP contribution >= 0.6 is 11.6 Å². The van der Waals surface area contributed by atoms with Crippen molar-refractivity contribution in [1.82, 2.24) is 40.2 Å². The number of hydrogen-bond donors (Lipinski definition) is 5. The number of nitrogens with one attached hydrogen (secondary N) is 4. The van der Waals surface area contributed by atoms with Gasteiger partial charge in [-0.05, 0) is 18.2 Å². The molecular formula is C29H30ClF4N9O4. The van der Waals surface area contributed by atoms with Gasteiger partial charge in [-0.3, -0.25) is 14.3 Å². The highest BCUT2D eigenvalue weighted by atomic mass is 35.5. The lowest BCUT2D eigenvalue weighted by molar-refractivity contribution is -0.141. The summed E-state index contributed by atoms with van der Waals surface area (Å²) in [5, 5.41) is 24.8. The van der Waals surface area contributed by atoms with Crippen LogP contribution in [0.5, 0.6) is 0 Å². The molecule has 5 N–H and O–H groups in total. The number of imidazole rings is 1. The number of β-amino-alcohol motifs (C(OH)–C–C–N with tert-alkyl or cyclic N) is 1. The number of allylic oxidation sites excluding steroid dienone is 1. The van der Waals surface area contributed by atoms with Crippen LogP contribution in [-0.2, 0) is 19.8 Å². The lowest BCUT2D eigenvalue weighted by atomic mass is 10.2. The molecule has 0 radical (unpaired) electrons. The number of fused-ring (bicyclic) bond motifs is 1. The third-order valence-corrected chi connectivity index (χ3v) is 8.89. The molecule has 5 atom stereocenters. The average Bonchev–Trinajstić information content (AvgIpc) is 3.54. The molecular weight excluding hydrogens is 650 g/mol. The van der Waals surface area contributed by atoms with Crippen LogP contribution in [0, 0.1) is 11.8 Å². The summed E-state index contributed by atoms with van der Waals surface area (Å²) in [5.74, 6) is -2.10. The van der Waals surface area contributed by atoms with E-state index in [0.29, 0.717) is 26.2 Å². The van der Waals surface area contributed by atoms with Crippen molar-refractivity contribution in [2.45, 2.75) is 30.9 Å². The molecule has 2 aliphatic heterocycles. The Balaban J connectivity index is 1.06. The van der Waals surface area contributed by atoms with Gasteiger partial charge >= 0.3 is 12.2 Å². The number of urea groups is 1. The van der Waals surface area contributed by atoms with Crippen molar-refractivity contribution < 1.29 is 37.1 Å². The zero-order valence-corrected chi connectivity index (χ0v) is 25.6. The van der Waals surface area contributed by atoms with Gasteiger partial charge in [-0.2, -0.15) is 18.3 Å². The van der Waals surface area contributed by atoms with Crippen molar-refractivity contribution in [2.24, 2.45) is 18.9 Å². The van der Waals surface area contributed by atoms with Gasteiger partial charge in [-0.1, -0.05) is 18.2 Å². The number of amides is 4. The maximum absolute atomic E-state index is 13.7. The molecule has 3 fully saturated rings. The van der Waals surface area contributed by atoms with Gasteiger partial charge in [0.25, 0.3) is 11.8 Å². The number of aromatic nitrogens is 4. The van der Waals surface area contributed by atoms with Crippen LogP contribution in [0.2, 0.25) is 5.02 Å². The average molecular weight is 680 g/mol. The Labute approximate surface area is 269 Å². The van der Waals surface area contributed by atoms with Crippen molar-refractivity contribution in [3.8, 4) is 11.3 Å². The number of piperidine rings is 1. The number of carbonyl (C=O) groups excluding carboxylic acids is 3. The first-order valence-corrected chi connectivity index (χ1v) is 14.9. The van der Waals surface area contributed by atoms with E-state index in [1.807, 2.05) is 0 Å². The summed E-state index contributed by atoms with van der Waals surface area (Å²) in [6.07, 6.45) is -3.42. The van der Waals surface area contributed by atoms with Crippen LogP contribution in [0.15, 0.2) is 43.0 Å². The van der Waals surface area contributed by atoms with Gasteiger partial charge < -0.3 is 35.8 Å². The topological polar surface area (TPSA) is 158 Å². The minimum absolute atomic E-state index is 0.0491. The lowest BCUT2D eigenvalue weighted by Gasteiger charge is -2.24. The van der Waals surface area contributed by atoms with Crippen molar-refractivity contribution >= 4 is 35.1 Å². The molecule has 2 aromatic heterocycles. The molecule has 1 aliphatic carbocycles. The molecule has 47 heavy (non-hydrogen) atoms. The van der Waals surface area contributed by atoms with E-state index >= 15 is 0 Å². The van der Waals surface area contributed by atoms with Gasteiger partial charge in [0, 0.05) is 63.0 Å². The number of likely N-dealkylation sites (tertiary alicyclic amines) is 1. The van der Waals surface area contributed by atoms with Crippen LogP contribution in [-0.4, -0.2) is 91.6 Å². The summed E-state index contributed by atoms with van der Waals surface area (Å²) in [6, 6.07) is 3.52. The van der Waals surface area contributed by atoms with E-state index in [0.717, 1.165) is 21.6 Å². The number of rotatable bonds is 8. The van der Waals surface area contributed by atoms with Crippen LogP contribution in [0.3, 0.4) is 0 Å². The Morgan fingerprint density at radius 1 is 1.15 bits per heavy atom. The fraction of sp³-hybridized carbons (Fsp3) is 0.414. The Morgan fingerprint density at radius 2 is 1.87 bits per heavy atom. The number of aliphatic hydroxyl groups excluding tert-OH is 1. The first-order valence-electron chi connectivity index (χ1n) is 14.6. The number of hydrogen-bond acceptors (Lipinski definition) is 7. The Bertz CT molecular complexity index is 1750. The normalized spacial score (nSPS) is 23.4. The summed E-state index contributed by atoms with van der Waals surface area (Å²) in [5.41, 5.74) is -1.38. The minimum Gasteiger partial charge on any atom is -0.390 e. The highest BCUT2D eigenvalue weighted by Crippen LogP contribution is 2.45. The smallest absolute Gasteiger partial charge is 0.390 e. The molecule has 3 aliphatic rings. The Hall–Kier alpha value is -4.48. The Morgan fingerprint density at radius 3 is 2.49 bits per heavy atom. The fourth-order valence-electron chi connectivity index (χ4n) is 6.11. The highest BCUT2D eigenvalue weighted by molar-refractivity contribution is 6.34. The van der Waals surface area contributed by atoms with Gasteiger partial charge in [-0.15, -0.1) is 0 Å². The number of alkyl halides is 3. The van der Waals surface area contributed by atoms with Crippen molar-refractivity contribution in [2.75, 3.05) is 31.5 Å². The van der Waals surface area contributed by atoms with Gasteiger partial charge in [0.1, 0.15) is 5.83 Å². The lowest BCUT2D eigenvalue weighted by Crippen LogP contribution is -2.49. The minimum atomic E-state index is -4.86. The zero-order chi connectivity index (χ0) is 33.8. The molecule has 0 bridgehead atoms. The molecule has 1 saturated carbocycles. The van der Waals surface area contributed by atoms with Gasteiger partial charge in [-0.25, -0.2) is 14.2 Å². The Kier molecular flexibility index (Phi) is 8.48. The van der Waals surface area contributed by atoms with Gasteiger partial charge in [0.15, 0.2) is 11.5 Å². The molecule has 18 heteroatoms. The van der Waals surface area contributed by atoms with Crippen LogP contribution in [0.1, 0.15) is 26.7 Å². The largest absolute Gasteiger partial charge is 0.435 e. The molecule has 3 aromatic rings. The van der Waals surface area contributed by atoms with E-state index in [9.17, 15) is 37.1 Å². The maximum atomic E-state index is 13.7. The van der Waals surface area contributed by atoms with E-state index in [2.05, 4.69) is 37.9 Å². The summed E-state index contributed by atoms with van der Waals surface area (Å²) in [6.45, 7) is 4.34. The number of anilines is 1. The first kappa shape index (κ1) is 32.5. The molecule has 250 valence electrons. The zero-order valence-electron chi connectivity index (χ0n) is 24.8. The molecule has 13 nitrogen and oxygen atoms in total. The third-order valence-electron chi connectivity index (χ3n) is 8.57. The number of benzene rings is 1. The highest BCUT2D eigenvalue weighted by Gasteiger charge is 2.57. The molecule has 1 unspecified atom stereocenters. The number of nitrogens with zero attached hydrogens (tertiary/aromatic N) is 5. The SMILES string of the molecule is C=C(F)Cn1cc(-c2cnc(C(=O)Nc3ccc(C(=O)NC4[C@H]5CN(C(=O)N[C@@H]6CNC[C@H]6O)C[C@@H]45)c(Cl)c3)n2C)c(C(F)(F)F)n1. The summed E-state index contributed by atoms with van der Waals surface area (Å²) < 4.78 is 56.2. The third kappa shape index (κ3) is 6.55. The monoisotopic (exact) mass is 679 g/mol. The fourth-order valence-corrected chi connectivity index (χ4v) is 6.37. The molecule has 4 heterocycles. The van der Waals surface area contributed by atoms with E-state index in [1.54, 1.807) is 4.90 Å². The molecule has 6 rings (SSSR count). The number of carbonyl (C=O) groups is 3. The van der Waals surface area contributed by atoms with Crippen molar-refractivity contribution in [3.05, 3.63) is 65.1 Å². The second-order valence-corrected chi connectivity index (χ2v) is 12.2.